The molecule has 0 aromatic carbocycles. The van der Waals surface area contributed by atoms with E-state index in [4.69, 9.17) is 4.42 Å². The van der Waals surface area contributed by atoms with E-state index in [1.807, 2.05) is 0 Å². The fourth-order valence-corrected chi connectivity index (χ4v) is 6.57. The number of thiophene rings is 1. The molecule has 6 nitrogen and oxygen atoms in total. The zero-order valence-electron chi connectivity index (χ0n) is 16.3. The van der Waals surface area contributed by atoms with E-state index in [1.165, 1.54) is 17.6 Å². The monoisotopic (exact) mass is 423 g/mol. The number of sulfone groups is 1. The van der Waals surface area contributed by atoms with Gasteiger partial charge in [-0.2, -0.15) is 0 Å². The van der Waals surface area contributed by atoms with Gasteiger partial charge >= 0.3 is 0 Å². The molecule has 0 aliphatic heterocycles. The van der Waals surface area contributed by atoms with Crippen molar-refractivity contribution in [3.8, 4) is 0 Å². The number of anilines is 1. The Labute approximate surface area is 169 Å². The highest BCUT2D eigenvalue weighted by atomic mass is 32.2. The van der Waals surface area contributed by atoms with E-state index < -0.39 is 21.5 Å². The molecule has 1 atom stereocenters. The van der Waals surface area contributed by atoms with Gasteiger partial charge in [-0.15, -0.1) is 11.3 Å². The van der Waals surface area contributed by atoms with Crippen molar-refractivity contribution in [3.05, 3.63) is 40.2 Å². The Bertz CT molecular complexity index is 971. The minimum atomic E-state index is -3.50. The van der Waals surface area contributed by atoms with Crippen molar-refractivity contribution in [1.29, 1.82) is 0 Å². The smallest absolute Gasteiger partial charge is 0.240 e. The van der Waals surface area contributed by atoms with Gasteiger partial charge in [0.25, 0.3) is 0 Å². The average molecular weight is 424 g/mol. The summed E-state index contributed by atoms with van der Waals surface area (Å²) >= 11 is 1.37. The fourth-order valence-electron chi connectivity index (χ4n) is 3.54. The molecule has 2 aromatic rings. The molecule has 3 rings (SSSR count). The maximum Gasteiger partial charge on any atom is 0.240 e. The normalized spacial score (nSPS) is 16.8. The minimum absolute atomic E-state index is 0.0446. The molecule has 1 N–H and O–H groups in total. The first kappa shape index (κ1) is 20.8. The molecule has 2 aromatic heterocycles. The number of hydrogen-bond donors (Lipinski definition) is 1. The third-order valence-electron chi connectivity index (χ3n) is 4.67. The predicted molar refractivity (Wildman–Crippen MR) is 110 cm³/mol. The number of furan rings is 1. The Morgan fingerprint density at radius 2 is 2.11 bits per heavy atom. The number of carbonyl (C=O) groups is 2. The summed E-state index contributed by atoms with van der Waals surface area (Å²) in [6, 6.07) is 3.24. The molecule has 28 heavy (non-hydrogen) atoms. The maximum atomic E-state index is 13.0. The van der Waals surface area contributed by atoms with Crippen molar-refractivity contribution in [1.82, 2.24) is 0 Å². The highest BCUT2D eigenvalue weighted by Gasteiger charge is 2.30. The lowest BCUT2D eigenvalue weighted by atomic mass is 9.87. The van der Waals surface area contributed by atoms with Crippen LogP contribution in [0.15, 0.2) is 22.8 Å². The minimum Gasteiger partial charge on any atom is -0.461 e. The van der Waals surface area contributed by atoms with Gasteiger partial charge in [0.05, 0.1) is 17.6 Å². The van der Waals surface area contributed by atoms with Gasteiger partial charge in [-0.1, -0.05) is 20.8 Å². The van der Waals surface area contributed by atoms with Crippen LogP contribution >= 0.6 is 11.3 Å². The van der Waals surface area contributed by atoms with Crippen LogP contribution in [0, 0.1) is 11.8 Å². The highest BCUT2D eigenvalue weighted by Crippen LogP contribution is 2.40. The summed E-state index contributed by atoms with van der Waals surface area (Å²) in [6.45, 7) is 5.75. The van der Waals surface area contributed by atoms with Crippen molar-refractivity contribution in [2.45, 2.75) is 40.0 Å². The van der Waals surface area contributed by atoms with E-state index in [0.717, 1.165) is 29.7 Å². The van der Waals surface area contributed by atoms with Gasteiger partial charge < -0.3 is 9.73 Å². The Kier molecular flexibility index (Phi) is 6.09. The third kappa shape index (κ3) is 4.72. The lowest BCUT2D eigenvalue weighted by Gasteiger charge is -2.18. The predicted octanol–water partition coefficient (Wildman–Crippen LogP) is 3.71. The Morgan fingerprint density at radius 3 is 2.75 bits per heavy atom. The molecule has 1 unspecified atom stereocenters. The van der Waals surface area contributed by atoms with Gasteiger partial charge in [0.15, 0.2) is 15.6 Å². The van der Waals surface area contributed by atoms with Gasteiger partial charge in [-0.25, -0.2) is 8.42 Å². The largest absolute Gasteiger partial charge is 0.461 e. The number of ketones is 1. The van der Waals surface area contributed by atoms with Crippen LogP contribution in [0.1, 0.15) is 53.8 Å². The first-order valence-electron chi connectivity index (χ1n) is 9.39. The number of amides is 1. The van der Waals surface area contributed by atoms with Crippen LogP contribution in [0.3, 0.4) is 0 Å². The molecule has 0 fully saturated rings. The van der Waals surface area contributed by atoms with Gasteiger partial charge in [0.1, 0.15) is 10.8 Å². The zero-order chi connectivity index (χ0) is 20.5. The Balaban J connectivity index is 1.90. The van der Waals surface area contributed by atoms with E-state index in [0.29, 0.717) is 16.5 Å². The lowest BCUT2D eigenvalue weighted by Crippen LogP contribution is -2.26. The first-order valence-corrected chi connectivity index (χ1v) is 12.0. The first-order chi connectivity index (χ1) is 13.2. The van der Waals surface area contributed by atoms with E-state index in [2.05, 4.69) is 12.2 Å². The molecule has 1 amide bonds. The molecule has 1 aliphatic carbocycles. The second-order valence-electron chi connectivity index (χ2n) is 7.86. The van der Waals surface area contributed by atoms with Crippen LogP contribution in [-0.4, -0.2) is 31.6 Å². The summed E-state index contributed by atoms with van der Waals surface area (Å²) < 4.78 is 29.6. The molecule has 0 saturated heterocycles. The van der Waals surface area contributed by atoms with Crippen LogP contribution in [0.2, 0.25) is 0 Å². The van der Waals surface area contributed by atoms with Crippen molar-refractivity contribution in [2.24, 2.45) is 11.8 Å². The lowest BCUT2D eigenvalue weighted by molar-refractivity contribution is -0.113. The number of hydrogen-bond acceptors (Lipinski definition) is 6. The molecule has 2 heterocycles. The van der Waals surface area contributed by atoms with Crippen molar-refractivity contribution >= 4 is 37.9 Å². The van der Waals surface area contributed by atoms with E-state index >= 15 is 0 Å². The molecule has 0 radical (unpaired) electrons. The second kappa shape index (κ2) is 8.21. The molecular formula is C20H25NO5S2. The molecule has 1 aliphatic rings. The van der Waals surface area contributed by atoms with Gasteiger partial charge in [0.2, 0.25) is 11.7 Å². The number of nitrogens with one attached hydrogen (secondary N) is 1. The average Bonchev–Trinajstić information content (AvgIpc) is 3.19. The quantitative estimate of drug-likeness (QED) is 0.685. The van der Waals surface area contributed by atoms with Crippen LogP contribution in [0.5, 0.6) is 0 Å². The number of fused-ring (bicyclic) bond motifs is 1. The summed E-state index contributed by atoms with van der Waals surface area (Å²) in [5.41, 5.74) is 1.39. The van der Waals surface area contributed by atoms with Crippen LogP contribution in [0.4, 0.5) is 5.00 Å². The highest BCUT2D eigenvalue weighted by molar-refractivity contribution is 7.92. The van der Waals surface area contributed by atoms with Crippen molar-refractivity contribution in [2.75, 3.05) is 16.8 Å². The molecule has 0 saturated carbocycles. The van der Waals surface area contributed by atoms with Crippen LogP contribution < -0.4 is 5.32 Å². The van der Waals surface area contributed by atoms with Crippen LogP contribution in [-0.2, 0) is 27.5 Å². The Morgan fingerprint density at radius 1 is 1.36 bits per heavy atom. The molecule has 0 spiro atoms. The van der Waals surface area contributed by atoms with E-state index in [-0.39, 0.29) is 23.2 Å². The van der Waals surface area contributed by atoms with E-state index in [1.54, 1.807) is 26.0 Å². The summed E-state index contributed by atoms with van der Waals surface area (Å²) in [6.07, 6.45) is 4.01. The van der Waals surface area contributed by atoms with Crippen molar-refractivity contribution in [3.63, 3.8) is 0 Å². The fraction of sp³-hybridized carbons (Fsp3) is 0.500. The van der Waals surface area contributed by atoms with Gasteiger partial charge in [-0.05, 0) is 48.8 Å². The zero-order valence-corrected chi connectivity index (χ0v) is 17.9. The standard InChI is InChI=1S/C20H25NO5S2/c1-12(2)10-28(24,25)11-17(22)21-20-18(19(23)15-5-4-8-26-15)14-7-6-13(3)9-16(14)27-20/h4-5,8,12-13H,6-7,9-11H2,1-3H3,(H,21,22). The third-order valence-corrected chi connectivity index (χ3v) is 7.72. The number of carbonyl (C=O) groups excluding carboxylic acids is 2. The van der Waals surface area contributed by atoms with Gasteiger partial charge in [0, 0.05) is 4.88 Å². The van der Waals surface area contributed by atoms with E-state index in [9.17, 15) is 18.0 Å². The SMILES string of the molecule is CC(C)CS(=O)(=O)CC(=O)Nc1sc2c(c1C(=O)c1ccco1)CCC(C)C2. The van der Waals surface area contributed by atoms with Gasteiger partial charge in [-0.3, -0.25) is 9.59 Å². The molecule has 8 heteroatoms. The summed E-state index contributed by atoms with van der Waals surface area (Å²) in [7, 11) is -3.50. The summed E-state index contributed by atoms with van der Waals surface area (Å²) in [4.78, 5) is 26.5. The molecule has 0 bridgehead atoms. The van der Waals surface area contributed by atoms with Crippen LogP contribution in [0.25, 0.3) is 0 Å². The maximum absolute atomic E-state index is 13.0. The topological polar surface area (TPSA) is 93.5 Å². The van der Waals surface area contributed by atoms with Crippen molar-refractivity contribution < 1.29 is 22.4 Å². The second-order valence-corrected chi connectivity index (χ2v) is 11.1. The number of rotatable bonds is 7. The Hall–Kier alpha value is -1.93. The summed E-state index contributed by atoms with van der Waals surface area (Å²) in [5.74, 6) is -0.854. The molecule has 152 valence electrons. The summed E-state index contributed by atoms with van der Waals surface area (Å²) in [5, 5.41) is 3.11. The molecular weight excluding hydrogens is 398 g/mol.